The van der Waals surface area contributed by atoms with E-state index in [2.05, 4.69) is 22.9 Å². The molecule has 1 radical (unpaired) electrons. The summed E-state index contributed by atoms with van der Waals surface area (Å²) in [6, 6.07) is 7.13. The van der Waals surface area contributed by atoms with Crippen LogP contribution in [0.3, 0.4) is 0 Å². The fraction of sp³-hybridized carbons (Fsp3) is 0.200. The Morgan fingerprint density at radius 2 is 2.23 bits per heavy atom. The standard InChI is InChI=1S/C10H8BrFN/c1-7(5-12)9-2-8(6-13)3-10(11)4-9/h2-4,7H,1,5H2. The fourth-order valence-electron chi connectivity index (χ4n) is 1.00. The molecular formula is C10H8BrFN. The lowest BCUT2D eigenvalue weighted by molar-refractivity contribution is 0.465. The lowest BCUT2D eigenvalue weighted by Gasteiger charge is -2.07. The second-order valence-corrected chi connectivity index (χ2v) is 3.65. The maximum atomic E-state index is 12.3. The van der Waals surface area contributed by atoms with Crippen LogP contribution in [0.4, 0.5) is 4.39 Å². The van der Waals surface area contributed by atoms with Crippen molar-refractivity contribution in [1.29, 1.82) is 5.26 Å². The molecule has 0 heterocycles. The maximum absolute atomic E-state index is 12.3. The number of hydrogen-bond acceptors (Lipinski definition) is 1. The second-order valence-electron chi connectivity index (χ2n) is 2.74. The van der Waals surface area contributed by atoms with Crippen LogP contribution >= 0.6 is 15.9 Å². The van der Waals surface area contributed by atoms with E-state index in [-0.39, 0.29) is 0 Å². The topological polar surface area (TPSA) is 23.8 Å². The zero-order valence-corrected chi connectivity index (χ0v) is 8.51. The van der Waals surface area contributed by atoms with Crippen LogP contribution in [-0.4, -0.2) is 6.67 Å². The average Bonchev–Trinajstić information content (AvgIpc) is 2.15. The molecule has 0 aliphatic heterocycles. The van der Waals surface area contributed by atoms with Gasteiger partial charge in [-0.2, -0.15) is 5.26 Å². The first-order valence-corrected chi connectivity index (χ1v) is 4.56. The molecule has 1 aromatic carbocycles. The molecule has 1 atom stereocenters. The first-order chi connectivity index (χ1) is 6.17. The fourth-order valence-corrected chi connectivity index (χ4v) is 1.51. The molecule has 0 N–H and O–H groups in total. The van der Waals surface area contributed by atoms with Crippen LogP contribution in [0.25, 0.3) is 0 Å². The molecule has 1 nitrogen and oxygen atoms in total. The van der Waals surface area contributed by atoms with Gasteiger partial charge in [0.2, 0.25) is 0 Å². The summed E-state index contributed by atoms with van der Waals surface area (Å²) in [5.41, 5.74) is 1.26. The van der Waals surface area contributed by atoms with E-state index in [9.17, 15) is 4.39 Å². The number of nitriles is 1. The van der Waals surface area contributed by atoms with Gasteiger partial charge in [0.15, 0.2) is 0 Å². The zero-order valence-electron chi connectivity index (χ0n) is 6.93. The van der Waals surface area contributed by atoms with Crippen molar-refractivity contribution in [2.75, 3.05) is 6.67 Å². The summed E-state index contributed by atoms with van der Waals surface area (Å²) in [7, 11) is 0. The van der Waals surface area contributed by atoms with E-state index in [1.807, 2.05) is 6.07 Å². The van der Waals surface area contributed by atoms with E-state index in [1.165, 1.54) is 0 Å². The van der Waals surface area contributed by atoms with Gasteiger partial charge in [0, 0.05) is 10.4 Å². The molecule has 0 aromatic heterocycles. The predicted molar refractivity (Wildman–Crippen MR) is 52.9 cm³/mol. The molecule has 0 amide bonds. The van der Waals surface area contributed by atoms with Crippen LogP contribution in [0.5, 0.6) is 0 Å². The van der Waals surface area contributed by atoms with Gasteiger partial charge in [-0.05, 0) is 30.7 Å². The molecule has 3 heteroatoms. The van der Waals surface area contributed by atoms with E-state index in [0.29, 0.717) is 5.56 Å². The van der Waals surface area contributed by atoms with Crippen LogP contribution in [-0.2, 0) is 0 Å². The highest BCUT2D eigenvalue weighted by atomic mass is 79.9. The van der Waals surface area contributed by atoms with Crippen molar-refractivity contribution in [3.8, 4) is 6.07 Å². The van der Waals surface area contributed by atoms with Crippen molar-refractivity contribution < 1.29 is 4.39 Å². The van der Waals surface area contributed by atoms with Crippen molar-refractivity contribution in [2.24, 2.45) is 0 Å². The van der Waals surface area contributed by atoms with E-state index >= 15 is 0 Å². The summed E-state index contributed by atoms with van der Waals surface area (Å²) in [5.74, 6) is -0.399. The molecule has 0 saturated carbocycles. The average molecular weight is 241 g/mol. The van der Waals surface area contributed by atoms with Gasteiger partial charge in [-0.1, -0.05) is 15.9 Å². The summed E-state index contributed by atoms with van der Waals surface area (Å²) in [6.45, 7) is 3.13. The summed E-state index contributed by atoms with van der Waals surface area (Å²) in [4.78, 5) is 0. The Kier molecular flexibility index (Phi) is 3.44. The van der Waals surface area contributed by atoms with Crippen molar-refractivity contribution >= 4 is 15.9 Å². The number of benzene rings is 1. The minimum absolute atomic E-state index is 0.399. The Balaban J connectivity index is 3.10. The van der Waals surface area contributed by atoms with Gasteiger partial charge >= 0.3 is 0 Å². The Labute approximate surface area is 85.3 Å². The van der Waals surface area contributed by atoms with Crippen LogP contribution in [0, 0.1) is 18.3 Å². The van der Waals surface area contributed by atoms with Gasteiger partial charge in [-0.3, -0.25) is 4.39 Å². The molecule has 67 valence electrons. The second kappa shape index (κ2) is 4.38. The number of alkyl halides is 1. The lowest BCUT2D eigenvalue weighted by atomic mass is 10.0. The van der Waals surface area contributed by atoms with Gasteiger partial charge in [0.25, 0.3) is 0 Å². The van der Waals surface area contributed by atoms with E-state index in [4.69, 9.17) is 5.26 Å². The summed E-state index contributed by atoms with van der Waals surface area (Å²) >= 11 is 3.25. The van der Waals surface area contributed by atoms with Gasteiger partial charge < -0.3 is 0 Å². The molecule has 13 heavy (non-hydrogen) atoms. The number of rotatable bonds is 2. The third-order valence-corrected chi connectivity index (χ3v) is 2.16. The van der Waals surface area contributed by atoms with Gasteiger partial charge in [0.05, 0.1) is 18.3 Å². The molecule has 1 unspecified atom stereocenters. The van der Waals surface area contributed by atoms with Crippen molar-refractivity contribution in [1.82, 2.24) is 0 Å². The van der Waals surface area contributed by atoms with Crippen molar-refractivity contribution in [2.45, 2.75) is 5.92 Å². The largest absolute Gasteiger partial charge is 0.250 e. The van der Waals surface area contributed by atoms with E-state index in [0.717, 1.165) is 10.0 Å². The zero-order chi connectivity index (χ0) is 9.84. The molecule has 0 spiro atoms. The van der Waals surface area contributed by atoms with E-state index < -0.39 is 12.6 Å². The number of halogens is 2. The molecule has 0 saturated heterocycles. The van der Waals surface area contributed by atoms with Crippen molar-refractivity contribution in [3.05, 3.63) is 40.7 Å². The predicted octanol–water partition coefficient (Wildman–Crippen LogP) is 3.21. The molecular weight excluding hydrogens is 233 g/mol. The third-order valence-electron chi connectivity index (χ3n) is 1.71. The van der Waals surface area contributed by atoms with Crippen LogP contribution < -0.4 is 0 Å². The lowest BCUT2D eigenvalue weighted by Crippen LogP contribution is -1.96. The molecule has 0 fully saturated rings. The normalized spacial score (nSPS) is 12.2. The van der Waals surface area contributed by atoms with Gasteiger partial charge in [0.1, 0.15) is 0 Å². The molecule has 0 aliphatic rings. The first-order valence-electron chi connectivity index (χ1n) is 3.77. The van der Waals surface area contributed by atoms with E-state index in [1.54, 1.807) is 18.2 Å². The van der Waals surface area contributed by atoms with Gasteiger partial charge in [-0.15, -0.1) is 0 Å². The Hall–Kier alpha value is -0.880. The van der Waals surface area contributed by atoms with Crippen LogP contribution in [0.15, 0.2) is 22.7 Å². The first kappa shape index (κ1) is 10.2. The monoisotopic (exact) mass is 240 g/mol. The summed E-state index contributed by atoms with van der Waals surface area (Å²) < 4.78 is 13.1. The SMILES string of the molecule is [CH2]C(CF)c1cc(Br)cc(C#N)c1. The molecule has 0 bridgehead atoms. The Bertz CT molecular complexity index is 343. The molecule has 1 aromatic rings. The molecule has 0 aliphatic carbocycles. The smallest absolute Gasteiger partial charge is 0.0992 e. The van der Waals surface area contributed by atoms with Crippen LogP contribution in [0.1, 0.15) is 17.0 Å². The van der Waals surface area contributed by atoms with Gasteiger partial charge in [-0.25, -0.2) is 0 Å². The minimum Gasteiger partial charge on any atom is -0.250 e. The number of nitrogens with zero attached hydrogens (tertiary/aromatic N) is 1. The maximum Gasteiger partial charge on any atom is 0.0992 e. The molecule has 1 rings (SSSR count). The van der Waals surface area contributed by atoms with Crippen molar-refractivity contribution in [3.63, 3.8) is 0 Å². The minimum atomic E-state index is -0.513. The highest BCUT2D eigenvalue weighted by molar-refractivity contribution is 9.10. The Morgan fingerprint density at radius 3 is 2.77 bits per heavy atom. The Morgan fingerprint density at radius 1 is 1.54 bits per heavy atom. The quantitative estimate of drug-likeness (QED) is 0.779. The summed E-state index contributed by atoms with van der Waals surface area (Å²) in [6.07, 6.45) is 0. The number of hydrogen-bond donors (Lipinski definition) is 0. The highest BCUT2D eigenvalue weighted by Gasteiger charge is 2.06. The highest BCUT2D eigenvalue weighted by Crippen LogP contribution is 2.21. The third kappa shape index (κ3) is 2.53. The summed E-state index contributed by atoms with van der Waals surface area (Å²) in [5, 5.41) is 8.66. The van der Waals surface area contributed by atoms with Crippen LogP contribution in [0.2, 0.25) is 0 Å².